The molecule has 0 saturated heterocycles. The predicted molar refractivity (Wildman–Crippen MR) is 62.4 cm³/mol. The maximum Gasteiger partial charge on any atom is 0.226 e. The summed E-state index contributed by atoms with van der Waals surface area (Å²) in [6.45, 7) is 0.502. The Bertz CT molecular complexity index is 196. The van der Waals surface area contributed by atoms with Crippen molar-refractivity contribution in [3.63, 3.8) is 0 Å². The van der Waals surface area contributed by atoms with Crippen LogP contribution in [0.2, 0.25) is 0 Å². The van der Waals surface area contributed by atoms with E-state index < -0.39 is 0 Å². The Morgan fingerprint density at radius 1 is 1.27 bits per heavy atom. The van der Waals surface area contributed by atoms with E-state index in [-0.39, 0.29) is 11.8 Å². The molecule has 3 heteroatoms. The summed E-state index contributed by atoms with van der Waals surface area (Å²) < 4.78 is 0. The van der Waals surface area contributed by atoms with Crippen molar-refractivity contribution < 1.29 is 4.79 Å². The highest BCUT2D eigenvalue weighted by molar-refractivity contribution is 5.78. The van der Waals surface area contributed by atoms with Crippen molar-refractivity contribution in [1.82, 2.24) is 4.90 Å². The van der Waals surface area contributed by atoms with Crippen LogP contribution in [0, 0.1) is 11.8 Å². The summed E-state index contributed by atoms with van der Waals surface area (Å²) in [5.41, 5.74) is 5.75. The van der Waals surface area contributed by atoms with Gasteiger partial charge in [0.25, 0.3) is 0 Å². The molecule has 0 radical (unpaired) electrons. The number of carbonyl (C=O) groups excluding carboxylic acids is 1. The molecule has 1 amide bonds. The highest BCUT2D eigenvalue weighted by atomic mass is 16.2. The zero-order valence-electron chi connectivity index (χ0n) is 10.0. The number of amides is 1. The van der Waals surface area contributed by atoms with Gasteiger partial charge in [0, 0.05) is 20.6 Å². The molecule has 1 aliphatic carbocycles. The SMILES string of the molecule is CN(C)C(=O)C(CN)C1CCCCCC1. The van der Waals surface area contributed by atoms with Gasteiger partial charge in [0.05, 0.1) is 5.92 Å². The van der Waals surface area contributed by atoms with Crippen molar-refractivity contribution in [3.8, 4) is 0 Å². The summed E-state index contributed by atoms with van der Waals surface area (Å²) >= 11 is 0. The van der Waals surface area contributed by atoms with Crippen LogP contribution in [-0.2, 0) is 4.79 Å². The fourth-order valence-corrected chi connectivity index (χ4v) is 2.54. The van der Waals surface area contributed by atoms with Crippen LogP contribution in [0.3, 0.4) is 0 Å². The molecule has 0 aromatic rings. The van der Waals surface area contributed by atoms with E-state index in [9.17, 15) is 4.79 Å². The molecule has 3 nitrogen and oxygen atoms in total. The quantitative estimate of drug-likeness (QED) is 0.723. The van der Waals surface area contributed by atoms with Crippen LogP contribution in [0.15, 0.2) is 0 Å². The predicted octanol–water partition coefficient (Wildman–Crippen LogP) is 1.62. The molecule has 0 heterocycles. The first-order chi connectivity index (χ1) is 7.16. The third-order valence-electron chi connectivity index (χ3n) is 3.48. The minimum absolute atomic E-state index is 0.0538. The maximum absolute atomic E-state index is 11.9. The first kappa shape index (κ1) is 12.5. The van der Waals surface area contributed by atoms with Crippen LogP contribution in [0.4, 0.5) is 0 Å². The van der Waals surface area contributed by atoms with Gasteiger partial charge in [-0.15, -0.1) is 0 Å². The van der Waals surface area contributed by atoms with Gasteiger partial charge in [-0.25, -0.2) is 0 Å². The van der Waals surface area contributed by atoms with E-state index in [1.807, 2.05) is 14.1 Å². The zero-order valence-corrected chi connectivity index (χ0v) is 10.0. The molecule has 15 heavy (non-hydrogen) atoms. The van der Waals surface area contributed by atoms with Gasteiger partial charge in [0.2, 0.25) is 5.91 Å². The second-order valence-electron chi connectivity index (χ2n) is 4.83. The molecule has 1 atom stereocenters. The normalized spacial score (nSPS) is 20.7. The molecule has 0 spiro atoms. The van der Waals surface area contributed by atoms with E-state index in [4.69, 9.17) is 5.73 Å². The molecule has 0 aromatic carbocycles. The maximum atomic E-state index is 11.9. The molecule has 0 bridgehead atoms. The van der Waals surface area contributed by atoms with Crippen molar-refractivity contribution in [1.29, 1.82) is 0 Å². The smallest absolute Gasteiger partial charge is 0.226 e. The van der Waals surface area contributed by atoms with Crippen LogP contribution in [-0.4, -0.2) is 31.4 Å². The van der Waals surface area contributed by atoms with E-state index in [1.165, 1.54) is 38.5 Å². The van der Waals surface area contributed by atoms with Crippen molar-refractivity contribution in [2.75, 3.05) is 20.6 Å². The Labute approximate surface area is 93.0 Å². The monoisotopic (exact) mass is 212 g/mol. The minimum atomic E-state index is 0.0538. The summed E-state index contributed by atoms with van der Waals surface area (Å²) in [6.07, 6.45) is 7.54. The van der Waals surface area contributed by atoms with E-state index in [0.29, 0.717) is 12.5 Å². The Balaban J connectivity index is 2.59. The van der Waals surface area contributed by atoms with Crippen LogP contribution in [0.5, 0.6) is 0 Å². The first-order valence-electron chi connectivity index (χ1n) is 6.08. The van der Waals surface area contributed by atoms with Crippen LogP contribution in [0.1, 0.15) is 38.5 Å². The number of carbonyl (C=O) groups is 1. The molecule has 1 aliphatic rings. The van der Waals surface area contributed by atoms with Gasteiger partial charge < -0.3 is 10.6 Å². The van der Waals surface area contributed by atoms with E-state index in [2.05, 4.69) is 0 Å². The third-order valence-corrected chi connectivity index (χ3v) is 3.48. The van der Waals surface area contributed by atoms with Gasteiger partial charge >= 0.3 is 0 Å². The van der Waals surface area contributed by atoms with Crippen molar-refractivity contribution >= 4 is 5.91 Å². The lowest BCUT2D eigenvalue weighted by Crippen LogP contribution is -2.38. The highest BCUT2D eigenvalue weighted by Crippen LogP contribution is 2.29. The average Bonchev–Trinajstić information content (AvgIpc) is 2.47. The Morgan fingerprint density at radius 2 is 1.80 bits per heavy atom. The number of nitrogens with zero attached hydrogens (tertiary/aromatic N) is 1. The van der Waals surface area contributed by atoms with E-state index in [1.54, 1.807) is 4.90 Å². The first-order valence-corrected chi connectivity index (χ1v) is 6.08. The molecule has 0 aliphatic heterocycles. The number of nitrogens with two attached hydrogens (primary N) is 1. The van der Waals surface area contributed by atoms with Crippen molar-refractivity contribution in [2.45, 2.75) is 38.5 Å². The average molecular weight is 212 g/mol. The summed E-state index contributed by atoms with van der Waals surface area (Å²) in [7, 11) is 3.64. The second-order valence-corrected chi connectivity index (χ2v) is 4.83. The Hall–Kier alpha value is -0.570. The largest absolute Gasteiger partial charge is 0.349 e. The molecule has 1 saturated carbocycles. The molecule has 1 rings (SSSR count). The van der Waals surface area contributed by atoms with Crippen LogP contribution in [0.25, 0.3) is 0 Å². The van der Waals surface area contributed by atoms with Gasteiger partial charge in [0.1, 0.15) is 0 Å². The second kappa shape index (κ2) is 6.11. The van der Waals surface area contributed by atoms with Gasteiger partial charge in [-0.1, -0.05) is 25.7 Å². The Morgan fingerprint density at radius 3 is 2.20 bits per heavy atom. The summed E-state index contributed by atoms with van der Waals surface area (Å²) in [6, 6.07) is 0. The van der Waals surface area contributed by atoms with Gasteiger partial charge in [-0.05, 0) is 18.8 Å². The van der Waals surface area contributed by atoms with Crippen LogP contribution < -0.4 is 5.73 Å². The number of rotatable bonds is 3. The van der Waals surface area contributed by atoms with Crippen LogP contribution >= 0.6 is 0 Å². The molecule has 2 N–H and O–H groups in total. The molecular formula is C12H24N2O. The summed E-state index contributed by atoms with van der Waals surface area (Å²) in [5.74, 6) is 0.787. The zero-order chi connectivity index (χ0) is 11.3. The molecule has 1 unspecified atom stereocenters. The van der Waals surface area contributed by atoms with Gasteiger partial charge in [-0.3, -0.25) is 4.79 Å². The number of hydrogen-bond donors (Lipinski definition) is 1. The summed E-state index contributed by atoms with van der Waals surface area (Å²) in [5, 5.41) is 0. The number of hydrogen-bond acceptors (Lipinski definition) is 2. The summed E-state index contributed by atoms with van der Waals surface area (Å²) in [4.78, 5) is 13.6. The van der Waals surface area contributed by atoms with Crippen molar-refractivity contribution in [3.05, 3.63) is 0 Å². The van der Waals surface area contributed by atoms with Crippen molar-refractivity contribution in [2.24, 2.45) is 17.6 Å². The highest BCUT2D eigenvalue weighted by Gasteiger charge is 2.28. The molecular weight excluding hydrogens is 188 g/mol. The molecule has 0 aromatic heterocycles. The standard InChI is InChI=1S/C12H24N2O/c1-14(2)12(15)11(9-13)10-7-5-3-4-6-8-10/h10-11H,3-9,13H2,1-2H3. The van der Waals surface area contributed by atoms with Gasteiger partial charge in [0.15, 0.2) is 0 Å². The fraction of sp³-hybridized carbons (Fsp3) is 0.917. The van der Waals surface area contributed by atoms with Gasteiger partial charge in [-0.2, -0.15) is 0 Å². The lowest BCUT2D eigenvalue weighted by atomic mass is 9.85. The topological polar surface area (TPSA) is 46.3 Å². The minimum Gasteiger partial charge on any atom is -0.349 e. The molecule has 1 fully saturated rings. The third kappa shape index (κ3) is 3.49. The van der Waals surface area contributed by atoms with E-state index >= 15 is 0 Å². The fourth-order valence-electron chi connectivity index (χ4n) is 2.54. The molecule has 88 valence electrons. The van der Waals surface area contributed by atoms with E-state index in [0.717, 1.165) is 0 Å². The lowest BCUT2D eigenvalue weighted by molar-refractivity contribution is -0.134. The Kier molecular flexibility index (Phi) is 5.09. The lowest BCUT2D eigenvalue weighted by Gasteiger charge is -2.26.